The highest BCUT2D eigenvalue weighted by atomic mass is 35.5. The van der Waals surface area contributed by atoms with Crippen molar-refractivity contribution in [2.45, 2.75) is 31.9 Å². The lowest BCUT2D eigenvalue weighted by Crippen LogP contribution is -2.29. The molecule has 0 radical (unpaired) electrons. The van der Waals surface area contributed by atoms with E-state index in [1.807, 2.05) is 19.1 Å². The number of halogens is 4. The molecule has 1 unspecified atom stereocenters. The highest BCUT2D eigenvalue weighted by Gasteiger charge is 2.40. The molecule has 1 N–H and O–H groups in total. The van der Waals surface area contributed by atoms with Crippen LogP contribution >= 0.6 is 22.9 Å². The van der Waals surface area contributed by atoms with E-state index in [1.165, 1.54) is 12.4 Å². The number of carbonyl (C=O) groups excluding carboxylic acids is 1. The van der Waals surface area contributed by atoms with Crippen molar-refractivity contribution in [3.63, 3.8) is 0 Å². The van der Waals surface area contributed by atoms with Crippen LogP contribution in [0.2, 0.25) is 5.02 Å². The van der Waals surface area contributed by atoms with Crippen molar-refractivity contribution in [1.29, 1.82) is 0 Å². The summed E-state index contributed by atoms with van der Waals surface area (Å²) in [5.74, 6) is -0.829. The Labute approximate surface area is 180 Å². The number of hydrogen-bond acceptors (Lipinski definition) is 5. The molecule has 3 rings (SSSR count). The Bertz CT molecular complexity index is 994. The van der Waals surface area contributed by atoms with Crippen LogP contribution in [0.25, 0.3) is 10.8 Å². The standard InChI is InChI=1S/C20H18ClF3N4OS/c1-2-4-13(12-5-7-14(21)8-6-12)11-27-18(29)15-16(20(22,23)24)28-19(30-15)17-25-9-3-10-26-17/h3,5-10,13H,2,4,11H2,1H3,(H,27,29). The van der Waals surface area contributed by atoms with Gasteiger partial charge in [-0.25, -0.2) is 15.0 Å². The van der Waals surface area contributed by atoms with E-state index in [1.54, 1.807) is 18.2 Å². The summed E-state index contributed by atoms with van der Waals surface area (Å²) in [6.07, 6.45) is -0.349. The van der Waals surface area contributed by atoms with Crippen LogP contribution in [0, 0.1) is 0 Å². The zero-order chi connectivity index (χ0) is 21.7. The maximum absolute atomic E-state index is 13.5. The predicted molar refractivity (Wildman–Crippen MR) is 110 cm³/mol. The lowest BCUT2D eigenvalue weighted by Gasteiger charge is -2.17. The van der Waals surface area contributed by atoms with Gasteiger partial charge in [-0.15, -0.1) is 11.3 Å². The SMILES string of the molecule is CCCC(CNC(=O)c1sc(-c2ncccn2)nc1C(F)(F)F)c1ccc(Cl)cc1. The average Bonchev–Trinajstić information content (AvgIpc) is 3.18. The first-order chi connectivity index (χ1) is 14.3. The quantitative estimate of drug-likeness (QED) is 0.505. The lowest BCUT2D eigenvalue weighted by molar-refractivity contribution is -0.141. The molecule has 5 nitrogen and oxygen atoms in total. The van der Waals surface area contributed by atoms with Gasteiger partial charge in [0.05, 0.1) is 0 Å². The first-order valence-corrected chi connectivity index (χ1v) is 10.4. The summed E-state index contributed by atoms with van der Waals surface area (Å²) in [6, 6.07) is 8.75. The lowest BCUT2D eigenvalue weighted by atomic mass is 9.94. The Balaban J connectivity index is 1.83. The zero-order valence-electron chi connectivity index (χ0n) is 15.9. The van der Waals surface area contributed by atoms with Crippen molar-refractivity contribution in [2.75, 3.05) is 6.54 Å². The summed E-state index contributed by atoms with van der Waals surface area (Å²) < 4.78 is 40.4. The highest BCUT2D eigenvalue weighted by Crippen LogP contribution is 2.37. The largest absolute Gasteiger partial charge is 0.435 e. The van der Waals surface area contributed by atoms with Gasteiger partial charge in [-0.05, 0) is 30.2 Å². The second-order valence-corrected chi connectivity index (χ2v) is 7.95. The minimum Gasteiger partial charge on any atom is -0.351 e. The van der Waals surface area contributed by atoms with Crippen LogP contribution < -0.4 is 5.32 Å². The molecular weight excluding hydrogens is 437 g/mol. The average molecular weight is 455 g/mol. The Morgan fingerprint density at radius 2 is 1.87 bits per heavy atom. The summed E-state index contributed by atoms with van der Waals surface area (Å²) in [5, 5.41) is 3.16. The van der Waals surface area contributed by atoms with Crippen molar-refractivity contribution < 1.29 is 18.0 Å². The second-order valence-electron chi connectivity index (χ2n) is 6.51. The summed E-state index contributed by atoms with van der Waals surface area (Å²) in [7, 11) is 0. The number of carbonyl (C=O) groups is 1. The molecule has 0 fully saturated rings. The van der Waals surface area contributed by atoms with Gasteiger partial charge in [-0.3, -0.25) is 4.79 Å². The third-order valence-corrected chi connectivity index (χ3v) is 5.65. The molecule has 3 aromatic rings. The van der Waals surface area contributed by atoms with E-state index < -0.39 is 22.7 Å². The van der Waals surface area contributed by atoms with Crippen LogP contribution in [0.15, 0.2) is 42.7 Å². The number of amides is 1. The van der Waals surface area contributed by atoms with E-state index in [0.717, 1.165) is 18.4 Å². The molecule has 2 heterocycles. The highest BCUT2D eigenvalue weighted by molar-refractivity contribution is 7.17. The third-order valence-electron chi connectivity index (χ3n) is 4.35. The van der Waals surface area contributed by atoms with Crippen LogP contribution in [-0.4, -0.2) is 27.4 Å². The van der Waals surface area contributed by atoms with Crippen LogP contribution in [0.5, 0.6) is 0 Å². The van der Waals surface area contributed by atoms with Crippen LogP contribution in [0.3, 0.4) is 0 Å². The first kappa shape index (κ1) is 22.2. The predicted octanol–water partition coefficient (Wildman–Crippen LogP) is 5.59. The van der Waals surface area contributed by atoms with Gasteiger partial charge in [0, 0.05) is 29.9 Å². The van der Waals surface area contributed by atoms with Gasteiger partial charge in [0.15, 0.2) is 16.5 Å². The number of benzene rings is 1. The second kappa shape index (κ2) is 9.53. The van der Waals surface area contributed by atoms with Gasteiger partial charge in [-0.2, -0.15) is 13.2 Å². The van der Waals surface area contributed by atoms with E-state index in [0.29, 0.717) is 16.4 Å². The molecule has 2 aromatic heterocycles. The van der Waals surface area contributed by atoms with Gasteiger partial charge in [0.1, 0.15) is 4.88 Å². The number of aromatic nitrogens is 3. The number of alkyl halides is 3. The molecule has 10 heteroatoms. The fourth-order valence-corrected chi connectivity index (χ4v) is 4.01. The van der Waals surface area contributed by atoms with E-state index >= 15 is 0 Å². The van der Waals surface area contributed by atoms with Gasteiger partial charge < -0.3 is 5.32 Å². The number of nitrogens with zero attached hydrogens (tertiary/aromatic N) is 3. The molecular formula is C20H18ClF3N4OS. The maximum Gasteiger partial charge on any atom is 0.435 e. The molecule has 0 saturated heterocycles. The molecule has 0 aliphatic carbocycles. The molecule has 1 atom stereocenters. The molecule has 30 heavy (non-hydrogen) atoms. The Morgan fingerprint density at radius 1 is 1.20 bits per heavy atom. The Kier molecular flexibility index (Phi) is 7.04. The van der Waals surface area contributed by atoms with Gasteiger partial charge in [0.25, 0.3) is 5.91 Å². The minimum absolute atomic E-state index is 0.0390. The van der Waals surface area contributed by atoms with Crippen LogP contribution in [-0.2, 0) is 6.18 Å². The van der Waals surface area contributed by atoms with Crippen molar-refractivity contribution in [1.82, 2.24) is 20.3 Å². The van der Waals surface area contributed by atoms with E-state index in [9.17, 15) is 18.0 Å². The van der Waals surface area contributed by atoms with E-state index in [-0.39, 0.29) is 23.3 Å². The molecule has 0 aliphatic rings. The zero-order valence-corrected chi connectivity index (χ0v) is 17.5. The van der Waals surface area contributed by atoms with Crippen molar-refractivity contribution in [3.05, 3.63) is 63.9 Å². The molecule has 1 amide bonds. The normalized spacial score (nSPS) is 12.6. The summed E-state index contributed by atoms with van der Waals surface area (Å²) in [4.78, 5) is 23.6. The molecule has 0 spiro atoms. The van der Waals surface area contributed by atoms with Crippen molar-refractivity contribution in [2.24, 2.45) is 0 Å². The monoisotopic (exact) mass is 454 g/mol. The molecule has 0 aliphatic heterocycles. The van der Waals surface area contributed by atoms with E-state index in [4.69, 9.17) is 11.6 Å². The molecule has 158 valence electrons. The van der Waals surface area contributed by atoms with Crippen molar-refractivity contribution >= 4 is 28.8 Å². The number of hydrogen-bond donors (Lipinski definition) is 1. The number of rotatable bonds is 7. The van der Waals surface area contributed by atoms with Gasteiger partial charge in [-0.1, -0.05) is 37.1 Å². The van der Waals surface area contributed by atoms with Crippen LogP contribution in [0.1, 0.15) is 46.6 Å². The van der Waals surface area contributed by atoms with Gasteiger partial charge >= 0.3 is 6.18 Å². The van der Waals surface area contributed by atoms with Crippen molar-refractivity contribution in [3.8, 4) is 10.8 Å². The number of nitrogens with one attached hydrogen (secondary N) is 1. The minimum atomic E-state index is -4.77. The molecule has 0 bridgehead atoms. The van der Waals surface area contributed by atoms with Gasteiger partial charge in [0.2, 0.25) is 0 Å². The number of thiazole rings is 1. The maximum atomic E-state index is 13.5. The first-order valence-electron chi connectivity index (χ1n) is 9.18. The third kappa shape index (κ3) is 5.34. The topological polar surface area (TPSA) is 67.8 Å². The summed E-state index contributed by atoms with van der Waals surface area (Å²) in [5.41, 5.74) is -0.272. The Hall–Kier alpha value is -2.52. The fourth-order valence-electron chi connectivity index (χ4n) is 2.94. The van der Waals surface area contributed by atoms with E-state index in [2.05, 4.69) is 20.3 Å². The molecule has 0 saturated carbocycles. The summed E-state index contributed by atoms with van der Waals surface area (Å²) >= 11 is 6.55. The fraction of sp³-hybridized carbons (Fsp3) is 0.300. The molecule has 1 aromatic carbocycles. The van der Waals surface area contributed by atoms with Crippen LogP contribution in [0.4, 0.5) is 13.2 Å². The summed E-state index contributed by atoms with van der Waals surface area (Å²) in [6.45, 7) is 2.20. The smallest absolute Gasteiger partial charge is 0.351 e. The Morgan fingerprint density at radius 3 is 2.47 bits per heavy atom.